The van der Waals surface area contributed by atoms with Crippen LogP contribution in [0.25, 0.3) is 0 Å². The molecule has 8 heteroatoms. The van der Waals surface area contributed by atoms with Crippen LogP contribution in [0.2, 0.25) is 0 Å². The molecule has 0 spiro atoms. The molecule has 0 N–H and O–H groups in total. The molecular formula is C15H24F7N. The largest absolute Gasteiger partial charge is 0.416 e. The van der Waals surface area contributed by atoms with Gasteiger partial charge in [-0.1, -0.05) is 47.3 Å². The molecule has 1 atom stereocenters. The summed E-state index contributed by atoms with van der Waals surface area (Å²) in [6, 6.07) is -0.400. The van der Waals surface area contributed by atoms with Gasteiger partial charge in [-0.05, 0) is 17.7 Å². The van der Waals surface area contributed by atoms with Crippen molar-refractivity contribution in [2.45, 2.75) is 53.5 Å². The number of hydrogen-bond donors (Lipinski definition) is 0. The van der Waals surface area contributed by atoms with Gasteiger partial charge in [0.15, 0.2) is 6.04 Å². The topological polar surface area (TPSA) is 3.24 Å². The van der Waals surface area contributed by atoms with E-state index in [-0.39, 0.29) is 7.43 Å². The number of rotatable bonds is 2. The highest BCUT2D eigenvalue weighted by Gasteiger charge is 2.44. The molecule has 1 unspecified atom stereocenters. The van der Waals surface area contributed by atoms with Crippen molar-refractivity contribution in [2.24, 2.45) is 0 Å². The summed E-state index contributed by atoms with van der Waals surface area (Å²) in [5.41, 5.74) is -1.69. The molecule has 0 amide bonds. The van der Waals surface area contributed by atoms with Crippen LogP contribution in [0.5, 0.6) is 0 Å². The SMILES string of the molecule is C.CC.CC.CN(F)C(c1ccc(C(F)(F)F)cc1)C(F)(F)F. The van der Waals surface area contributed by atoms with Crippen LogP contribution in [0, 0.1) is 0 Å². The fraction of sp³-hybridized carbons (Fsp3) is 0.600. The van der Waals surface area contributed by atoms with Crippen molar-refractivity contribution in [3.63, 3.8) is 0 Å². The zero-order valence-corrected chi connectivity index (χ0v) is 13.0. The summed E-state index contributed by atoms with van der Waals surface area (Å²) in [5.74, 6) is 0. The van der Waals surface area contributed by atoms with Crippen molar-refractivity contribution in [3.8, 4) is 0 Å². The molecule has 1 nitrogen and oxygen atoms in total. The number of nitrogens with zero attached hydrogens (tertiary/aromatic N) is 1. The van der Waals surface area contributed by atoms with Gasteiger partial charge in [-0.3, -0.25) is 0 Å². The lowest BCUT2D eigenvalue weighted by atomic mass is 10.0. The minimum Gasteiger partial charge on any atom is -0.169 e. The van der Waals surface area contributed by atoms with Crippen LogP contribution in [0.15, 0.2) is 24.3 Å². The van der Waals surface area contributed by atoms with E-state index >= 15 is 0 Å². The Morgan fingerprint density at radius 2 is 1.17 bits per heavy atom. The Morgan fingerprint density at radius 3 is 1.39 bits per heavy atom. The van der Waals surface area contributed by atoms with Crippen molar-refractivity contribution in [2.75, 3.05) is 7.05 Å². The maximum atomic E-state index is 12.8. The Bertz CT molecular complexity index is 394. The molecule has 0 fully saturated rings. The van der Waals surface area contributed by atoms with Gasteiger partial charge in [0.05, 0.1) is 5.56 Å². The zero-order chi connectivity index (χ0) is 18.1. The van der Waals surface area contributed by atoms with Gasteiger partial charge in [0.25, 0.3) is 0 Å². The van der Waals surface area contributed by atoms with Crippen LogP contribution in [0.3, 0.4) is 0 Å². The van der Waals surface area contributed by atoms with Gasteiger partial charge in [0.1, 0.15) is 0 Å². The van der Waals surface area contributed by atoms with Gasteiger partial charge in [-0.25, -0.2) is 0 Å². The highest BCUT2D eigenvalue weighted by molar-refractivity contribution is 5.27. The van der Waals surface area contributed by atoms with E-state index in [9.17, 15) is 30.8 Å². The highest BCUT2D eigenvalue weighted by Crippen LogP contribution is 2.38. The van der Waals surface area contributed by atoms with Crippen LogP contribution in [-0.2, 0) is 6.18 Å². The molecule has 1 rings (SSSR count). The molecule has 0 heterocycles. The minimum atomic E-state index is -4.91. The number of halogens is 7. The summed E-state index contributed by atoms with van der Waals surface area (Å²) in [7, 11) is 0.551. The summed E-state index contributed by atoms with van der Waals surface area (Å²) in [4.78, 5) is 0. The second-order valence-corrected chi connectivity index (χ2v) is 3.59. The first kappa shape index (κ1) is 26.6. The molecule has 0 aliphatic carbocycles. The maximum Gasteiger partial charge on any atom is 0.416 e. The van der Waals surface area contributed by atoms with Gasteiger partial charge in [0, 0.05) is 7.05 Å². The van der Waals surface area contributed by atoms with Crippen molar-refractivity contribution >= 4 is 0 Å². The van der Waals surface area contributed by atoms with Gasteiger partial charge in [-0.15, -0.1) is 9.60 Å². The summed E-state index contributed by atoms with van der Waals surface area (Å²) >= 11 is 0. The Kier molecular flexibility index (Phi) is 13.0. The van der Waals surface area contributed by atoms with E-state index in [0.29, 0.717) is 31.3 Å². The fourth-order valence-corrected chi connectivity index (χ4v) is 1.45. The van der Waals surface area contributed by atoms with E-state index < -0.39 is 34.6 Å². The first-order valence-electron chi connectivity index (χ1n) is 6.66. The predicted octanol–water partition coefficient (Wildman–Crippen LogP) is 6.81. The second kappa shape index (κ2) is 11.3. The minimum absolute atomic E-state index is 0. The third kappa shape index (κ3) is 8.78. The standard InChI is InChI=1S/C10H8F7N.2C2H6.CH4/c1-18(17)8(10(14,15)16)6-2-4-7(5-3-6)9(11,12)13;2*1-2;/h2-5,8H,1H3;2*1-2H3;1H4. The van der Waals surface area contributed by atoms with E-state index in [4.69, 9.17) is 0 Å². The van der Waals surface area contributed by atoms with Crippen LogP contribution >= 0.6 is 0 Å². The average Bonchev–Trinajstić information content (AvgIpc) is 2.41. The van der Waals surface area contributed by atoms with E-state index in [2.05, 4.69) is 0 Å². The van der Waals surface area contributed by atoms with Gasteiger partial charge in [0.2, 0.25) is 0 Å². The van der Waals surface area contributed by atoms with Crippen molar-refractivity contribution < 1.29 is 30.8 Å². The van der Waals surface area contributed by atoms with E-state index in [1.54, 1.807) is 0 Å². The van der Waals surface area contributed by atoms with Crippen LogP contribution in [0.4, 0.5) is 30.8 Å². The van der Waals surface area contributed by atoms with Crippen LogP contribution in [0.1, 0.15) is 52.3 Å². The monoisotopic (exact) mass is 351 g/mol. The summed E-state index contributed by atoms with van der Waals surface area (Å²) in [5, 5.41) is -0.595. The molecule has 0 aliphatic heterocycles. The van der Waals surface area contributed by atoms with Crippen molar-refractivity contribution in [3.05, 3.63) is 35.4 Å². The molecule has 1 aromatic carbocycles. The Morgan fingerprint density at radius 1 is 0.826 bits per heavy atom. The lowest BCUT2D eigenvalue weighted by molar-refractivity contribution is -0.215. The molecule has 23 heavy (non-hydrogen) atoms. The third-order valence-corrected chi connectivity index (χ3v) is 2.22. The molecule has 0 radical (unpaired) electrons. The zero-order valence-electron chi connectivity index (χ0n) is 13.0. The summed E-state index contributed by atoms with van der Waals surface area (Å²) < 4.78 is 86.9. The summed E-state index contributed by atoms with van der Waals surface area (Å²) in [6.45, 7) is 8.00. The highest BCUT2D eigenvalue weighted by atomic mass is 19.4. The van der Waals surface area contributed by atoms with Crippen LogP contribution in [-0.4, -0.2) is 18.3 Å². The second-order valence-electron chi connectivity index (χ2n) is 3.59. The van der Waals surface area contributed by atoms with Crippen molar-refractivity contribution in [1.29, 1.82) is 0 Å². The van der Waals surface area contributed by atoms with E-state index in [1.807, 2.05) is 27.7 Å². The first-order chi connectivity index (χ1) is 10.0. The molecule has 1 aromatic rings. The molecule has 0 saturated heterocycles. The van der Waals surface area contributed by atoms with E-state index in [0.717, 1.165) is 0 Å². The maximum absolute atomic E-state index is 12.8. The lowest BCUT2D eigenvalue weighted by Crippen LogP contribution is -2.31. The van der Waals surface area contributed by atoms with E-state index in [1.165, 1.54) is 0 Å². The molecule has 138 valence electrons. The first-order valence-corrected chi connectivity index (χ1v) is 6.66. The Balaban J connectivity index is -0.000000739. The van der Waals surface area contributed by atoms with Crippen LogP contribution < -0.4 is 0 Å². The smallest absolute Gasteiger partial charge is 0.169 e. The average molecular weight is 351 g/mol. The number of hydrogen-bond acceptors (Lipinski definition) is 1. The predicted molar refractivity (Wildman–Crippen MR) is 78.5 cm³/mol. The van der Waals surface area contributed by atoms with Gasteiger partial charge < -0.3 is 0 Å². The number of alkyl halides is 6. The van der Waals surface area contributed by atoms with Crippen molar-refractivity contribution in [1.82, 2.24) is 5.12 Å². The quantitative estimate of drug-likeness (QED) is 0.418. The molecule has 0 bridgehead atoms. The Labute approximate surface area is 133 Å². The number of benzene rings is 1. The fourth-order valence-electron chi connectivity index (χ4n) is 1.45. The molecule has 0 aliphatic rings. The molecule has 0 saturated carbocycles. The van der Waals surface area contributed by atoms with Gasteiger partial charge >= 0.3 is 12.4 Å². The summed E-state index contributed by atoms with van der Waals surface area (Å²) in [6.07, 6.45) is -9.56. The van der Waals surface area contributed by atoms with Gasteiger partial charge in [-0.2, -0.15) is 26.3 Å². The lowest BCUT2D eigenvalue weighted by Gasteiger charge is -2.23. The Hall–Kier alpha value is -1.31. The third-order valence-electron chi connectivity index (χ3n) is 2.22. The normalized spacial score (nSPS) is 12.2. The molecular weight excluding hydrogens is 327 g/mol. The molecule has 0 aromatic heterocycles.